The maximum Gasteiger partial charge on any atom is 0.242 e. The molecule has 0 saturated carbocycles. The van der Waals surface area contributed by atoms with Crippen LogP contribution in [0.3, 0.4) is 0 Å². The van der Waals surface area contributed by atoms with Gasteiger partial charge in [-0.25, -0.2) is 18.1 Å². The van der Waals surface area contributed by atoms with Gasteiger partial charge in [-0.05, 0) is 31.9 Å². The molecule has 1 aliphatic rings. The van der Waals surface area contributed by atoms with Gasteiger partial charge in [0.05, 0.1) is 5.92 Å². The van der Waals surface area contributed by atoms with Gasteiger partial charge < -0.3 is 10.6 Å². The minimum atomic E-state index is -3.55. The Balaban J connectivity index is 2.06. The molecule has 2 atom stereocenters. The van der Waals surface area contributed by atoms with Gasteiger partial charge in [0.2, 0.25) is 15.9 Å². The van der Waals surface area contributed by atoms with E-state index in [0.717, 1.165) is 12.8 Å². The zero-order valence-electron chi connectivity index (χ0n) is 13.5. The van der Waals surface area contributed by atoms with Crippen LogP contribution in [0, 0.1) is 5.92 Å². The highest BCUT2D eigenvalue weighted by Crippen LogP contribution is 2.22. The number of anilines is 1. The lowest BCUT2D eigenvalue weighted by Gasteiger charge is -2.18. The Morgan fingerprint density at radius 3 is 2.78 bits per heavy atom. The number of nitrogens with one attached hydrogen (secondary N) is 1. The van der Waals surface area contributed by atoms with Crippen molar-refractivity contribution < 1.29 is 13.2 Å². The number of rotatable bonds is 7. The molecule has 2 rings (SSSR count). The first kappa shape index (κ1) is 17.7. The molecule has 3 N–H and O–H groups in total. The molecule has 0 radical (unpaired) electrons. The Morgan fingerprint density at radius 1 is 1.52 bits per heavy atom. The summed E-state index contributed by atoms with van der Waals surface area (Å²) in [7, 11) is -3.55. The van der Waals surface area contributed by atoms with Crippen molar-refractivity contribution in [3.8, 4) is 0 Å². The molecule has 8 heteroatoms. The van der Waals surface area contributed by atoms with Crippen LogP contribution >= 0.6 is 0 Å². The van der Waals surface area contributed by atoms with Crippen LogP contribution in [0.15, 0.2) is 23.2 Å². The molecule has 1 saturated heterocycles. The number of sulfonamides is 1. The molecule has 0 aromatic carbocycles. The fourth-order valence-corrected chi connectivity index (χ4v) is 3.97. The molecule has 0 spiro atoms. The summed E-state index contributed by atoms with van der Waals surface area (Å²) in [6, 6.07) is 3.10. The lowest BCUT2D eigenvalue weighted by atomic mass is 10.1. The number of carbonyl (C=O) groups excluding carboxylic acids is 1. The van der Waals surface area contributed by atoms with Crippen molar-refractivity contribution >= 4 is 21.7 Å². The van der Waals surface area contributed by atoms with Gasteiger partial charge in [0.25, 0.3) is 0 Å². The Labute approximate surface area is 137 Å². The van der Waals surface area contributed by atoms with E-state index in [1.807, 2.05) is 18.7 Å². The number of hydrogen-bond acceptors (Lipinski definition) is 5. The average Bonchev–Trinajstić information content (AvgIpc) is 2.97. The Hall–Kier alpha value is -1.67. The number of aromatic nitrogens is 1. The third-order valence-corrected chi connectivity index (χ3v) is 5.60. The first-order chi connectivity index (χ1) is 10.8. The van der Waals surface area contributed by atoms with Crippen molar-refractivity contribution in [3.63, 3.8) is 0 Å². The van der Waals surface area contributed by atoms with Crippen molar-refractivity contribution in [1.29, 1.82) is 0 Å². The Morgan fingerprint density at radius 2 is 2.26 bits per heavy atom. The standard InChI is InChI=1S/C15H24N4O3S/c1-3-4-11(2)18-23(21,22)13-5-6-14(17-9-13)19-8-7-12(10-19)15(16)20/h5-6,9,11-12,18H,3-4,7-8,10H2,1-2H3,(H2,16,20)/t11-,12+/m1/s1. The molecule has 2 heterocycles. The summed E-state index contributed by atoms with van der Waals surface area (Å²) in [5, 5.41) is 0. The van der Waals surface area contributed by atoms with Crippen LogP contribution in [0.1, 0.15) is 33.1 Å². The molecule has 1 amide bonds. The van der Waals surface area contributed by atoms with Crippen molar-refractivity contribution in [1.82, 2.24) is 9.71 Å². The number of primary amides is 1. The van der Waals surface area contributed by atoms with Gasteiger partial charge in [-0.3, -0.25) is 4.79 Å². The van der Waals surface area contributed by atoms with Gasteiger partial charge in [0, 0.05) is 25.3 Å². The second-order valence-electron chi connectivity index (χ2n) is 6.00. The van der Waals surface area contributed by atoms with Crippen molar-refractivity contribution in [2.75, 3.05) is 18.0 Å². The van der Waals surface area contributed by atoms with E-state index in [2.05, 4.69) is 9.71 Å². The highest BCUT2D eigenvalue weighted by atomic mass is 32.2. The van der Waals surface area contributed by atoms with Gasteiger partial charge in [0.1, 0.15) is 10.7 Å². The summed E-state index contributed by atoms with van der Waals surface area (Å²) in [5.74, 6) is 0.187. The SMILES string of the molecule is CCC[C@@H](C)NS(=O)(=O)c1ccc(N2CC[C@H](C(N)=O)C2)nc1. The zero-order chi connectivity index (χ0) is 17.0. The predicted octanol–water partition coefficient (Wildman–Crippen LogP) is 0.860. The van der Waals surface area contributed by atoms with Crippen molar-refractivity contribution in [2.24, 2.45) is 11.7 Å². The summed E-state index contributed by atoms with van der Waals surface area (Å²) in [6.07, 6.45) is 3.75. The second kappa shape index (κ2) is 7.27. The van der Waals surface area contributed by atoms with Crippen molar-refractivity contribution in [2.45, 2.75) is 44.0 Å². The topological polar surface area (TPSA) is 105 Å². The molecule has 1 aliphatic heterocycles. The quantitative estimate of drug-likeness (QED) is 0.766. The van der Waals surface area contributed by atoms with Gasteiger partial charge in [-0.15, -0.1) is 0 Å². The van der Waals surface area contributed by atoms with E-state index in [1.165, 1.54) is 6.20 Å². The lowest BCUT2D eigenvalue weighted by Crippen LogP contribution is -2.32. The second-order valence-corrected chi connectivity index (χ2v) is 7.71. The number of nitrogens with zero attached hydrogens (tertiary/aromatic N) is 2. The minimum absolute atomic E-state index is 0.111. The average molecular weight is 340 g/mol. The summed E-state index contributed by atoms with van der Waals surface area (Å²) in [4.78, 5) is 17.5. The number of amides is 1. The first-order valence-electron chi connectivity index (χ1n) is 7.86. The van der Waals surface area contributed by atoms with E-state index >= 15 is 0 Å². The van der Waals surface area contributed by atoms with Crippen molar-refractivity contribution in [3.05, 3.63) is 18.3 Å². The normalized spacial score (nSPS) is 19.7. The number of hydrogen-bond donors (Lipinski definition) is 2. The Kier molecular flexibility index (Phi) is 5.59. The van der Waals surface area contributed by atoms with Crippen LogP contribution in [-0.4, -0.2) is 38.4 Å². The number of nitrogens with two attached hydrogens (primary N) is 1. The van der Waals surface area contributed by atoms with Crippen LogP contribution in [0.2, 0.25) is 0 Å². The molecular weight excluding hydrogens is 316 g/mol. The summed E-state index contributed by atoms with van der Waals surface area (Å²) >= 11 is 0. The van der Waals surface area contributed by atoms with Crippen LogP contribution in [0.5, 0.6) is 0 Å². The molecule has 0 aliphatic carbocycles. The molecule has 1 aromatic heterocycles. The van der Waals surface area contributed by atoms with E-state index in [0.29, 0.717) is 25.3 Å². The molecule has 1 fully saturated rings. The van der Waals surface area contributed by atoms with Gasteiger partial charge in [-0.2, -0.15) is 0 Å². The van der Waals surface area contributed by atoms with Crippen LogP contribution < -0.4 is 15.4 Å². The number of pyridine rings is 1. The molecule has 1 aromatic rings. The van der Waals surface area contributed by atoms with Gasteiger partial charge in [0.15, 0.2) is 0 Å². The fraction of sp³-hybridized carbons (Fsp3) is 0.600. The largest absolute Gasteiger partial charge is 0.369 e. The summed E-state index contributed by atoms with van der Waals surface area (Å²) in [5.41, 5.74) is 5.32. The summed E-state index contributed by atoms with van der Waals surface area (Å²) in [6.45, 7) is 5.08. The molecule has 0 unspecified atom stereocenters. The van der Waals surface area contributed by atoms with E-state index in [9.17, 15) is 13.2 Å². The fourth-order valence-electron chi connectivity index (χ4n) is 2.74. The van der Waals surface area contributed by atoms with Crippen LogP contribution in [0.4, 0.5) is 5.82 Å². The van der Waals surface area contributed by atoms with Gasteiger partial charge in [-0.1, -0.05) is 13.3 Å². The van der Waals surface area contributed by atoms with Crippen LogP contribution in [-0.2, 0) is 14.8 Å². The molecule has 23 heavy (non-hydrogen) atoms. The number of carbonyl (C=O) groups is 1. The Bertz CT molecular complexity index is 645. The maximum atomic E-state index is 12.3. The molecule has 7 nitrogen and oxygen atoms in total. The smallest absolute Gasteiger partial charge is 0.242 e. The third kappa shape index (κ3) is 4.42. The highest BCUT2D eigenvalue weighted by Gasteiger charge is 2.27. The van der Waals surface area contributed by atoms with E-state index in [1.54, 1.807) is 12.1 Å². The predicted molar refractivity (Wildman–Crippen MR) is 88.4 cm³/mol. The van der Waals surface area contributed by atoms with Crippen LogP contribution in [0.25, 0.3) is 0 Å². The highest BCUT2D eigenvalue weighted by molar-refractivity contribution is 7.89. The molecule has 128 valence electrons. The first-order valence-corrected chi connectivity index (χ1v) is 9.34. The summed E-state index contributed by atoms with van der Waals surface area (Å²) < 4.78 is 27.2. The van der Waals surface area contributed by atoms with E-state index < -0.39 is 10.0 Å². The van der Waals surface area contributed by atoms with E-state index in [4.69, 9.17) is 5.73 Å². The molecule has 0 bridgehead atoms. The van der Waals surface area contributed by atoms with Gasteiger partial charge >= 0.3 is 0 Å². The monoisotopic (exact) mass is 340 g/mol. The minimum Gasteiger partial charge on any atom is -0.369 e. The zero-order valence-corrected chi connectivity index (χ0v) is 14.3. The lowest BCUT2D eigenvalue weighted by molar-refractivity contribution is -0.121. The maximum absolute atomic E-state index is 12.3. The third-order valence-electron chi connectivity index (χ3n) is 4.02. The van der Waals surface area contributed by atoms with E-state index in [-0.39, 0.29) is 22.8 Å². The molecular formula is C15H24N4O3S.